The Bertz CT molecular complexity index is 2320. The van der Waals surface area contributed by atoms with Crippen LogP contribution in [0.25, 0.3) is 44.6 Å². The Kier molecular flexibility index (Phi) is 7.64. The van der Waals surface area contributed by atoms with Crippen LogP contribution in [0.15, 0.2) is 125 Å². The predicted molar refractivity (Wildman–Crippen MR) is 207 cm³/mol. The minimum atomic E-state index is -1.66. The van der Waals surface area contributed by atoms with Crippen LogP contribution in [0, 0.1) is 5.92 Å². The summed E-state index contributed by atoms with van der Waals surface area (Å²) in [6, 6.07) is 30.4. The first-order valence-electron chi connectivity index (χ1n) is 17.6. The molecule has 0 bridgehead atoms. The summed E-state index contributed by atoms with van der Waals surface area (Å²) < 4.78 is 9.00. The zero-order valence-corrected chi connectivity index (χ0v) is 30.3. The van der Waals surface area contributed by atoms with Gasteiger partial charge in [0.25, 0.3) is 0 Å². The molecule has 2 atom stereocenters. The molecule has 2 aliphatic rings. The summed E-state index contributed by atoms with van der Waals surface area (Å²) in [5.74, 6) is 0.802. The van der Waals surface area contributed by atoms with Crippen molar-refractivity contribution in [2.24, 2.45) is 10.9 Å². The molecule has 2 aliphatic heterocycles. The van der Waals surface area contributed by atoms with Gasteiger partial charge in [0.2, 0.25) is 17.4 Å². The fraction of sp³-hybridized carbons (Fsp3) is 0.250. The highest BCUT2D eigenvalue weighted by molar-refractivity contribution is 6.89. The van der Waals surface area contributed by atoms with Crippen LogP contribution in [0.5, 0.6) is 0 Å². The fourth-order valence-electron chi connectivity index (χ4n) is 8.17. The lowest BCUT2D eigenvalue weighted by Gasteiger charge is -2.32. The summed E-state index contributed by atoms with van der Waals surface area (Å²) in [5.41, 5.74) is 13.0. The maximum Gasteiger partial charge on any atom is 0.227 e. The number of furan rings is 1. The van der Waals surface area contributed by atoms with E-state index in [0.717, 1.165) is 63.8 Å². The second kappa shape index (κ2) is 11.9. The molecule has 8 rings (SSSR count). The number of aromatic nitrogens is 2. The van der Waals surface area contributed by atoms with E-state index in [4.69, 9.17) is 21.0 Å². The highest BCUT2D eigenvalue weighted by Crippen LogP contribution is 2.45. The molecule has 0 saturated heterocycles. The highest BCUT2D eigenvalue weighted by Gasteiger charge is 2.44. The number of aryl methyl sites for hydroxylation is 1. The predicted octanol–water partition coefficient (Wildman–Crippen LogP) is 10.1. The van der Waals surface area contributed by atoms with E-state index in [1.807, 2.05) is 24.3 Å². The lowest BCUT2D eigenvalue weighted by molar-refractivity contribution is -0.708. The number of rotatable bonds is 5. The number of aliphatic imine (C=N–C) groups is 1. The molecular formula is C44H44N3OSi+. The van der Waals surface area contributed by atoms with Crippen molar-refractivity contribution in [2.45, 2.75) is 64.7 Å². The molecule has 5 heterocycles. The number of hydrogen-bond acceptors (Lipinski definition) is 3. The quantitative estimate of drug-likeness (QED) is 0.137. The summed E-state index contributed by atoms with van der Waals surface area (Å²) in [7, 11) is -1.66. The lowest BCUT2D eigenvalue weighted by atomic mass is 9.78. The van der Waals surface area contributed by atoms with E-state index in [1.165, 1.54) is 33.1 Å². The molecule has 3 aromatic heterocycles. The van der Waals surface area contributed by atoms with E-state index >= 15 is 0 Å². The van der Waals surface area contributed by atoms with Crippen molar-refractivity contribution in [2.75, 3.05) is 0 Å². The average molecular weight is 659 g/mol. The van der Waals surface area contributed by atoms with Gasteiger partial charge in [-0.15, -0.1) is 0 Å². The van der Waals surface area contributed by atoms with Gasteiger partial charge in [-0.1, -0.05) is 95.2 Å². The van der Waals surface area contributed by atoms with Crippen molar-refractivity contribution in [3.05, 3.63) is 138 Å². The van der Waals surface area contributed by atoms with Gasteiger partial charge in [0, 0.05) is 38.7 Å². The first-order chi connectivity index (χ1) is 23.6. The van der Waals surface area contributed by atoms with Crippen LogP contribution in [0.3, 0.4) is 0 Å². The van der Waals surface area contributed by atoms with Crippen molar-refractivity contribution in [3.63, 3.8) is 0 Å². The van der Waals surface area contributed by atoms with Crippen LogP contribution in [-0.2, 0) is 12.8 Å². The number of allylic oxidation sites excluding steroid dienone is 2. The minimum Gasteiger partial charge on any atom is -0.438 e. The van der Waals surface area contributed by atoms with Gasteiger partial charge >= 0.3 is 0 Å². The fourth-order valence-corrected chi connectivity index (χ4v) is 9.83. The number of fused-ring (bicyclic) bond motifs is 10. The molecule has 5 heteroatoms. The third kappa shape index (κ3) is 5.41. The van der Waals surface area contributed by atoms with E-state index in [-0.39, 0.29) is 12.0 Å². The van der Waals surface area contributed by atoms with E-state index in [2.05, 4.69) is 118 Å². The number of benzene rings is 3. The van der Waals surface area contributed by atoms with Gasteiger partial charge in [-0.25, -0.2) is 9.98 Å². The molecule has 0 amide bonds. The summed E-state index contributed by atoms with van der Waals surface area (Å²) in [6.45, 7) is 21.0. The standard InChI is InChI=1S/C44H44N3OSi/c1-8-38-36-25-37-35-20-21-39(29-14-10-9-11-15-29)46-44(35)48-41(37)24-30(36)18-19-34-32-16-12-13-17-33(32)40-23-31(22-27(2)3)42(49(5,6)7)26-47(40)43(34)28(4)45-38/h8-17,20-21,23-27,34,43H,1,4,18-19,22H2,2-3,5-7H3/q+1. The Morgan fingerprint density at radius 3 is 2.47 bits per heavy atom. The van der Waals surface area contributed by atoms with Crippen molar-refractivity contribution < 1.29 is 8.98 Å². The van der Waals surface area contributed by atoms with E-state index < -0.39 is 8.07 Å². The van der Waals surface area contributed by atoms with E-state index in [9.17, 15) is 0 Å². The SMILES string of the molecule is C=CC1=NC(=C)C2C(CCc3cc4oc5nc(-c6ccccc6)ccc5c4cc31)c1ccccc1-c1cc(CC(C)C)c([Si](C)(C)C)c[n+]12. The zero-order valence-electron chi connectivity index (χ0n) is 29.3. The monoisotopic (exact) mass is 658 g/mol. The summed E-state index contributed by atoms with van der Waals surface area (Å²) >= 11 is 0. The van der Waals surface area contributed by atoms with E-state index in [0.29, 0.717) is 11.6 Å². The van der Waals surface area contributed by atoms with Gasteiger partial charge in [0.1, 0.15) is 11.3 Å². The Morgan fingerprint density at radius 2 is 1.71 bits per heavy atom. The Labute approximate surface area is 290 Å². The molecule has 0 N–H and O–H groups in total. The molecule has 244 valence electrons. The molecule has 3 aromatic carbocycles. The summed E-state index contributed by atoms with van der Waals surface area (Å²) in [5, 5.41) is 3.58. The van der Waals surface area contributed by atoms with Gasteiger partial charge in [-0.05, 0) is 78.3 Å². The number of hydrogen-bond donors (Lipinski definition) is 0. The lowest BCUT2D eigenvalue weighted by Crippen LogP contribution is -2.54. The van der Waals surface area contributed by atoms with Crippen LogP contribution in [-0.4, -0.2) is 18.8 Å². The molecule has 49 heavy (non-hydrogen) atoms. The van der Waals surface area contributed by atoms with Gasteiger partial charge in [-0.2, -0.15) is 4.57 Å². The molecule has 0 spiro atoms. The molecular weight excluding hydrogens is 615 g/mol. The van der Waals surface area contributed by atoms with Crippen LogP contribution in [0.4, 0.5) is 0 Å². The van der Waals surface area contributed by atoms with Crippen LogP contribution >= 0.6 is 0 Å². The van der Waals surface area contributed by atoms with Crippen LogP contribution in [0.2, 0.25) is 19.6 Å². The zero-order chi connectivity index (χ0) is 34.0. The minimum absolute atomic E-state index is 0.00166. The topological polar surface area (TPSA) is 42.3 Å². The first kappa shape index (κ1) is 31.4. The molecule has 0 fully saturated rings. The first-order valence-corrected chi connectivity index (χ1v) is 21.1. The second-order valence-electron chi connectivity index (χ2n) is 15.2. The third-order valence-corrected chi connectivity index (χ3v) is 12.5. The maximum absolute atomic E-state index is 6.47. The average Bonchev–Trinajstić information content (AvgIpc) is 3.46. The Morgan fingerprint density at radius 1 is 0.939 bits per heavy atom. The van der Waals surface area contributed by atoms with Crippen LogP contribution < -0.4 is 9.75 Å². The summed E-state index contributed by atoms with van der Waals surface area (Å²) in [4.78, 5) is 10.3. The molecule has 2 unspecified atom stereocenters. The molecule has 4 nitrogen and oxygen atoms in total. The van der Waals surface area contributed by atoms with Gasteiger partial charge < -0.3 is 4.42 Å². The Hall–Kier alpha value is -4.87. The molecule has 0 aliphatic carbocycles. The van der Waals surface area contributed by atoms with Gasteiger partial charge in [0.05, 0.1) is 25.4 Å². The summed E-state index contributed by atoms with van der Waals surface area (Å²) in [6.07, 6.45) is 7.30. The highest BCUT2D eigenvalue weighted by atomic mass is 28.3. The largest absolute Gasteiger partial charge is 0.438 e. The van der Waals surface area contributed by atoms with E-state index in [1.54, 1.807) is 0 Å². The van der Waals surface area contributed by atoms with Crippen molar-refractivity contribution >= 4 is 41.0 Å². The van der Waals surface area contributed by atoms with Crippen molar-refractivity contribution in [3.8, 4) is 22.5 Å². The van der Waals surface area contributed by atoms with Crippen molar-refractivity contribution in [1.29, 1.82) is 0 Å². The smallest absolute Gasteiger partial charge is 0.227 e. The third-order valence-electron chi connectivity index (χ3n) is 10.4. The molecule has 6 aromatic rings. The van der Waals surface area contributed by atoms with Crippen LogP contribution in [0.1, 0.15) is 54.5 Å². The maximum atomic E-state index is 6.47. The number of pyridine rings is 2. The van der Waals surface area contributed by atoms with Gasteiger partial charge in [-0.3, -0.25) is 0 Å². The van der Waals surface area contributed by atoms with Crippen molar-refractivity contribution in [1.82, 2.24) is 4.98 Å². The van der Waals surface area contributed by atoms with Gasteiger partial charge in [0.15, 0.2) is 6.20 Å². The second-order valence-corrected chi connectivity index (χ2v) is 20.3. The Balaban J connectivity index is 1.30. The molecule has 0 radical (unpaired) electrons. The normalized spacial score (nSPS) is 17.4. The molecule has 0 saturated carbocycles. The number of nitrogens with zero attached hydrogens (tertiary/aromatic N) is 3.